The Labute approximate surface area is 188 Å². The molecule has 0 fully saturated rings. The molecule has 2 aromatic heterocycles. The van der Waals surface area contributed by atoms with Gasteiger partial charge in [0.05, 0.1) is 11.4 Å². The number of aromatic amines is 1. The molecule has 0 aliphatic carbocycles. The number of hydrazine groups is 1. The maximum Gasteiger partial charge on any atom is 0.269 e. The van der Waals surface area contributed by atoms with Crippen LogP contribution in [0.4, 0.5) is 4.39 Å². The maximum atomic E-state index is 13.0. The fourth-order valence-electron chi connectivity index (χ4n) is 3.50. The number of carbonyl (C=O) groups excluding carboxylic acids is 2. The first-order valence-corrected chi connectivity index (χ1v) is 10.5. The van der Waals surface area contributed by atoms with Crippen molar-refractivity contribution in [3.63, 3.8) is 0 Å². The summed E-state index contributed by atoms with van der Waals surface area (Å²) in [5.74, 6) is -1.27. The Morgan fingerprint density at radius 2 is 1.84 bits per heavy atom. The molecule has 3 N–H and O–H groups in total. The van der Waals surface area contributed by atoms with Crippen molar-refractivity contribution in [3.8, 4) is 11.4 Å². The molecule has 2 aromatic carbocycles. The minimum atomic E-state index is -0.512. The molecule has 4 aromatic rings. The van der Waals surface area contributed by atoms with Crippen molar-refractivity contribution < 1.29 is 14.0 Å². The summed E-state index contributed by atoms with van der Waals surface area (Å²) in [5.41, 5.74) is 8.67. The van der Waals surface area contributed by atoms with Crippen molar-refractivity contribution in [2.45, 2.75) is 19.3 Å². The minimum Gasteiger partial charge on any atom is -0.353 e. The number of aromatic nitrogens is 2. The third-order valence-electron chi connectivity index (χ3n) is 5.04. The number of rotatable bonds is 6. The van der Waals surface area contributed by atoms with Crippen molar-refractivity contribution in [1.82, 2.24) is 20.8 Å². The molecule has 0 bridgehead atoms. The van der Waals surface area contributed by atoms with Crippen LogP contribution in [0.2, 0.25) is 5.02 Å². The van der Waals surface area contributed by atoms with Crippen molar-refractivity contribution in [3.05, 3.63) is 88.8 Å². The maximum absolute atomic E-state index is 13.0. The molecule has 0 aliphatic heterocycles. The van der Waals surface area contributed by atoms with E-state index in [-0.39, 0.29) is 17.9 Å². The molecule has 8 heteroatoms. The number of nitrogens with zero attached hydrogens (tertiary/aromatic N) is 1. The number of pyridine rings is 1. The molecule has 0 saturated heterocycles. The highest BCUT2D eigenvalue weighted by atomic mass is 35.5. The van der Waals surface area contributed by atoms with E-state index in [0.29, 0.717) is 17.9 Å². The first-order valence-electron chi connectivity index (χ1n) is 10.1. The standard InChI is InChI=1S/C24H20ClFN4O2/c25-16-9-12-20-19(14-16)18(23(28-20)21-5-1-2-13-27-21)4-3-6-22(31)29-30-24(32)15-7-10-17(26)11-8-15/h1-2,5,7-14,28H,3-4,6H2,(H,29,31)(H,30,32). The average Bonchev–Trinajstić information content (AvgIpc) is 3.16. The second kappa shape index (κ2) is 9.62. The number of hydrogen-bond acceptors (Lipinski definition) is 3. The lowest BCUT2D eigenvalue weighted by Crippen LogP contribution is -2.41. The van der Waals surface area contributed by atoms with Crippen molar-refractivity contribution >= 4 is 34.3 Å². The topological polar surface area (TPSA) is 86.9 Å². The van der Waals surface area contributed by atoms with Crippen LogP contribution in [0, 0.1) is 5.82 Å². The number of benzene rings is 2. The Morgan fingerprint density at radius 3 is 2.59 bits per heavy atom. The van der Waals surface area contributed by atoms with E-state index >= 15 is 0 Å². The molecule has 0 spiro atoms. The van der Waals surface area contributed by atoms with Gasteiger partial charge < -0.3 is 4.98 Å². The summed E-state index contributed by atoms with van der Waals surface area (Å²) in [6.07, 6.45) is 3.11. The van der Waals surface area contributed by atoms with E-state index in [1.807, 2.05) is 36.4 Å². The summed E-state index contributed by atoms with van der Waals surface area (Å²) in [6, 6.07) is 16.4. The number of hydrogen-bond donors (Lipinski definition) is 3. The number of carbonyl (C=O) groups is 2. The Morgan fingerprint density at radius 1 is 1.03 bits per heavy atom. The van der Waals surface area contributed by atoms with E-state index in [1.165, 1.54) is 24.3 Å². The zero-order valence-corrected chi connectivity index (χ0v) is 17.7. The van der Waals surface area contributed by atoms with E-state index in [9.17, 15) is 14.0 Å². The molecule has 0 atom stereocenters. The highest BCUT2D eigenvalue weighted by Crippen LogP contribution is 2.32. The van der Waals surface area contributed by atoms with E-state index in [1.54, 1.807) is 6.20 Å². The van der Waals surface area contributed by atoms with Gasteiger partial charge in [-0.1, -0.05) is 17.7 Å². The normalized spacial score (nSPS) is 10.8. The molecular weight excluding hydrogens is 431 g/mol. The Bertz CT molecular complexity index is 1260. The second-order valence-electron chi connectivity index (χ2n) is 7.25. The van der Waals surface area contributed by atoms with Gasteiger partial charge in [-0.15, -0.1) is 0 Å². The largest absolute Gasteiger partial charge is 0.353 e. The van der Waals surface area contributed by atoms with Crippen molar-refractivity contribution in [1.29, 1.82) is 0 Å². The Balaban J connectivity index is 1.40. The number of halogens is 2. The third kappa shape index (κ3) is 4.95. The van der Waals surface area contributed by atoms with Gasteiger partial charge in [0, 0.05) is 34.1 Å². The van der Waals surface area contributed by atoms with Gasteiger partial charge >= 0.3 is 0 Å². The van der Waals surface area contributed by atoms with Gasteiger partial charge in [0.15, 0.2) is 0 Å². The molecular formula is C24H20ClFN4O2. The van der Waals surface area contributed by atoms with Crippen LogP contribution in [0.1, 0.15) is 28.8 Å². The SMILES string of the molecule is O=C(CCCc1c(-c2ccccn2)[nH]c2ccc(Cl)cc12)NNC(=O)c1ccc(F)cc1. The second-order valence-corrected chi connectivity index (χ2v) is 7.68. The van der Waals surface area contributed by atoms with Gasteiger partial charge in [-0.3, -0.25) is 25.4 Å². The molecule has 0 aliphatic rings. The molecule has 2 amide bonds. The highest BCUT2D eigenvalue weighted by molar-refractivity contribution is 6.31. The van der Waals surface area contributed by atoms with Crippen LogP contribution >= 0.6 is 11.6 Å². The van der Waals surface area contributed by atoms with Crippen LogP contribution in [0.25, 0.3) is 22.3 Å². The van der Waals surface area contributed by atoms with Gasteiger partial charge in [-0.2, -0.15) is 0 Å². The fourth-order valence-corrected chi connectivity index (χ4v) is 3.67. The summed E-state index contributed by atoms with van der Waals surface area (Å²) >= 11 is 6.21. The Hall–Kier alpha value is -3.71. The highest BCUT2D eigenvalue weighted by Gasteiger charge is 2.15. The number of H-pyrrole nitrogens is 1. The Kier molecular flexibility index (Phi) is 6.47. The van der Waals surface area contributed by atoms with Crippen LogP contribution in [-0.4, -0.2) is 21.8 Å². The summed E-state index contributed by atoms with van der Waals surface area (Å²) in [5, 5.41) is 1.62. The van der Waals surface area contributed by atoms with Gasteiger partial charge in [-0.25, -0.2) is 4.39 Å². The summed E-state index contributed by atoms with van der Waals surface area (Å²) < 4.78 is 13.0. The van der Waals surface area contributed by atoms with Gasteiger partial charge in [0.25, 0.3) is 5.91 Å². The first-order chi connectivity index (χ1) is 15.5. The lowest BCUT2D eigenvalue weighted by atomic mass is 10.0. The molecule has 4 rings (SSSR count). The molecule has 162 valence electrons. The van der Waals surface area contributed by atoms with Crippen LogP contribution in [0.5, 0.6) is 0 Å². The van der Waals surface area contributed by atoms with Crippen LogP contribution in [0.15, 0.2) is 66.9 Å². The number of fused-ring (bicyclic) bond motifs is 1. The summed E-state index contributed by atoms with van der Waals surface area (Å²) in [7, 11) is 0. The molecule has 0 unspecified atom stereocenters. The van der Waals surface area contributed by atoms with Gasteiger partial charge in [-0.05, 0) is 73.0 Å². The lowest BCUT2D eigenvalue weighted by molar-refractivity contribution is -0.121. The predicted octanol–water partition coefficient (Wildman–Crippen LogP) is 4.81. The quantitative estimate of drug-likeness (QED) is 0.368. The van der Waals surface area contributed by atoms with E-state index < -0.39 is 11.7 Å². The number of amides is 2. The predicted molar refractivity (Wildman–Crippen MR) is 121 cm³/mol. The zero-order valence-electron chi connectivity index (χ0n) is 17.0. The van der Waals surface area contributed by atoms with Crippen LogP contribution < -0.4 is 10.9 Å². The molecule has 0 saturated carbocycles. The monoisotopic (exact) mass is 450 g/mol. The van der Waals surface area contributed by atoms with E-state index in [2.05, 4.69) is 20.8 Å². The first kappa shape index (κ1) is 21.5. The molecule has 2 heterocycles. The number of nitrogens with one attached hydrogen (secondary N) is 3. The van der Waals surface area contributed by atoms with Crippen LogP contribution in [0.3, 0.4) is 0 Å². The minimum absolute atomic E-state index is 0.207. The summed E-state index contributed by atoms with van der Waals surface area (Å²) in [6.45, 7) is 0. The lowest BCUT2D eigenvalue weighted by Gasteiger charge is -2.08. The molecule has 0 radical (unpaired) electrons. The molecule has 32 heavy (non-hydrogen) atoms. The fraction of sp³-hybridized carbons (Fsp3) is 0.125. The summed E-state index contributed by atoms with van der Waals surface area (Å²) in [4.78, 5) is 32.1. The zero-order chi connectivity index (χ0) is 22.5. The van der Waals surface area contributed by atoms with E-state index in [0.717, 1.165) is 27.9 Å². The van der Waals surface area contributed by atoms with E-state index in [4.69, 9.17) is 11.6 Å². The smallest absolute Gasteiger partial charge is 0.269 e. The van der Waals surface area contributed by atoms with Crippen molar-refractivity contribution in [2.24, 2.45) is 0 Å². The number of aryl methyl sites for hydroxylation is 1. The van der Waals surface area contributed by atoms with Gasteiger partial charge in [0.1, 0.15) is 5.82 Å². The average molecular weight is 451 g/mol. The molecule has 6 nitrogen and oxygen atoms in total. The third-order valence-corrected chi connectivity index (χ3v) is 5.28. The van der Waals surface area contributed by atoms with Gasteiger partial charge in [0.2, 0.25) is 5.91 Å². The van der Waals surface area contributed by atoms with Crippen LogP contribution in [-0.2, 0) is 11.2 Å². The van der Waals surface area contributed by atoms with Crippen molar-refractivity contribution in [2.75, 3.05) is 0 Å².